The van der Waals surface area contributed by atoms with Gasteiger partial charge in [0.15, 0.2) is 0 Å². The maximum atomic E-state index is 12.3. The third-order valence-corrected chi connectivity index (χ3v) is 1.45. The molecule has 0 aliphatic carbocycles. The molecular weight excluding hydrogens is 194 g/mol. The molecule has 0 spiro atoms. The fourth-order valence-electron chi connectivity index (χ4n) is 0.428. The van der Waals surface area contributed by atoms with Crippen molar-refractivity contribution in [1.82, 2.24) is 0 Å². The summed E-state index contributed by atoms with van der Waals surface area (Å²) in [5, 5.41) is 0. The van der Waals surface area contributed by atoms with Crippen LogP contribution >= 0.6 is 0 Å². The summed E-state index contributed by atoms with van der Waals surface area (Å²) in [5.74, 6) is -1.85. The van der Waals surface area contributed by atoms with E-state index in [1.165, 1.54) is 0 Å². The molecule has 12 heavy (non-hydrogen) atoms. The largest absolute Gasteiger partial charge is 0.748 e. The molecule has 0 atom stereocenters. The molecule has 0 unspecified atom stereocenters. The monoisotopic (exact) mass is 201 g/mol. The Hall–Kier alpha value is -0.530. The number of ether oxygens (including phenoxy) is 1. The highest BCUT2D eigenvalue weighted by atomic mass is 32.2. The Morgan fingerprint density at radius 3 is 2.42 bits per heavy atom. The summed E-state index contributed by atoms with van der Waals surface area (Å²) in [4.78, 5) is 0. The molecule has 0 saturated heterocycles. The van der Waals surface area contributed by atoms with Gasteiger partial charge in [0.05, 0.1) is 6.61 Å². The minimum Gasteiger partial charge on any atom is -0.748 e. The van der Waals surface area contributed by atoms with Gasteiger partial charge >= 0.3 is 6.11 Å². The van der Waals surface area contributed by atoms with Crippen molar-refractivity contribution in [3.63, 3.8) is 0 Å². The highest BCUT2D eigenvalue weighted by Crippen LogP contribution is 2.16. The normalized spacial score (nSPS) is 12.9. The number of hydrogen-bond donors (Lipinski definition) is 0. The van der Waals surface area contributed by atoms with Crippen LogP contribution in [0.3, 0.4) is 0 Å². The number of rotatable bonds is 5. The second-order valence-electron chi connectivity index (χ2n) is 1.94. The molecule has 0 heterocycles. The molecule has 0 radical (unpaired) electrons. The van der Waals surface area contributed by atoms with Crippen molar-refractivity contribution in [3.05, 3.63) is 12.7 Å². The molecule has 0 N–H and O–H groups in total. The van der Waals surface area contributed by atoms with Crippen molar-refractivity contribution >= 4 is 10.1 Å². The van der Waals surface area contributed by atoms with Crippen molar-refractivity contribution < 1.29 is 26.5 Å². The van der Waals surface area contributed by atoms with Gasteiger partial charge in [-0.15, -0.1) is 6.58 Å². The molecule has 0 amide bonds. The van der Waals surface area contributed by atoms with Crippen LogP contribution in [-0.4, -0.2) is 31.4 Å². The lowest BCUT2D eigenvalue weighted by molar-refractivity contribution is -0.214. The summed E-state index contributed by atoms with van der Waals surface area (Å²) in [6.45, 7) is 2.56. The second kappa shape index (κ2) is 3.92. The van der Waals surface area contributed by atoms with Crippen LogP contribution in [0.2, 0.25) is 0 Å². The summed E-state index contributed by atoms with van der Waals surface area (Å²) < 4.78 is 57.8. The molecule has 0 fully saturated rings. The lowest BCUT2D eigenvalue weighted by Crippen LogP contribution is -2.30. The van der Waals surface area contributed by atoms with Gasteiger partial charge in [-0.2, -0.15) is 8.78 Å². The molecular formula is C5H7F2O4S-. The standard InChI is InChI=1S/C5H8F2O4S/c1-2-3-11-5(6,7)4-12(8,9)10/h2H,1,3-4H2,(H,8,9,10)/p-1. The quantitative estimate of drug-likeness (QED) is 0.474. The summed E-state index contributed by atoms with van der Waals surface area (Å²) in [6.07, 6.45) is -2.92. The predicted octanol–water partition coefficient (Wildman–Crippen LogP) is 0.327. The first-order valence-corrected chi connectivity index (χ1v) is 4.41. The van der Waals surface area contributed by atoms with Crippen LogP contribution in [-0.2, 0) is 14.9 Å². The van der Waals surface area contributed by atoms with E-state index in [-0.39, 0.29) is 0 Å². The number of hydrogen-bond acceptors (Lipinski definition) is 4. The first-order chi connectivity index (χ1) is 5.27. The van der Waals surface area contributed by atoms with E-state index in [4.69, 9.17) is 0 Å². The molecule has 0 bridgehead atoms. The van der Waals surface area contributed by atoms with E-state index in [2.05, 4.69) is 11.3 Å². The maximum Gasteiger partial charge on any atom is 0.368 e. The van der Waals surface area contributed by atoms with Crippen LogP contribution in [0.25, 0.3) is 0 Å². The Balaban J connectivity index is 4.13. The zero-order valence-corrected chi connectivity index (χ0v) is 6.81. The van der Waals surface area contributed by atoms with Crippen LogP contribution < -0.4 is 0 Å². The second-order valence-corrected chi connectivity index (χ2v) is 3.34. The smallest absolute Gasteiger partial charge is 0.368 e. The van der Waals surface area contributed by atoms with E-state index in [9.17, 15) is 21.8 Å². The molecule has 7 heteroatoms. The Morgan fingerprint density at radius 2 is 2.08 bits per heavy atom. The van der Waals surface area contributed by atoms with E-state index in [0.717, 1.165) is 6.08 Å². The minimum absolute atomic E-state index is 0.511. The first-order valence-electron chi connectivity index (χ1n) is 2.83. The van der Waals surface area contributed by atoms with Gasteiger partial charge in [-0.3, -0.25) is 0 Å². The average molecular weight is 201 g/mol. The Kier molecular flexibility index (Phi) is 3.75. The van der Waals surface area contributed by atoms with Crippen LogP contribution in [0.5, 0.6) is 0 Å². The molecule has 0 rings (SSSR count). The summed E-state index contributed by atoms with van der Waals surface area (Å²) in [6, 6.07) is 0. The van der Waals surface area contributed by atoms with E-state index in [0.29, 0.717) is 0 Å². The van der Waals surface area contributed by atoms with Crippen molar-refractivity contribution in [2.24, 2.45) is 0 Å². The summed E-state index contributed by atoms with van der Waals surface area (Å²) in [7, 11) is -4.97. The lowest BCUT2D eigenvalue weighted by atomic mass is 10.6. The van der Waals surface area contributed by atoms with Gasteiger partial charge in [0, 0.05) is 0 Å². The van der Waals surface area contributed by atoms with Gasteiger partial charge in [-0.05, 0) is 0 Å². The van der Waals surface area contributed by atoms with Crippen LogP contribution in [0.4, 0.5) is 8.78 Å². The molecule has 0 aliphatic rings. The zero-order valence-electron chi connectivity index (χ0n) is 6.00. The van der Waals surface area contributed by atoms with Gasteiger partial charge in [0.25, 0.3) is 0 Å². The summed E-state index contributed by atoms with van der Waals surface area (Å²) >= 11 is 0. The molecule has 0 saturated carbocycles. The molecule has 0 aromatic carbocycles. The van der Waals surface area contributed by atoms with Gasteiger partial charge in [-0.1, -0.05) is 6.08 Å². The molecule has 0 aromatic heterocycles. The van der Waals surface area contributed by atoms with Gasteiger partial charge < -0.3 is 9.29 Å². The first kappa shape index (κ1) is 11.5. The fourth-order valence-corrected chi connectivity index (χ4v) is 0.923. The fraction of sp³-hybridized carbons (Fsp3) is 0.600. The van der Waals surface area contributed by atoms with E-state index in [1.54, 1.807) is 0 Å². The van der Waals surface area contributed by atoms with Crippen molar-refractivity contribution in [2.45, 2.75) is 6.11 Å². The number of halogens is 2. The topological polar surface area (TPSA) is 66.4 Å². The third kappa shape index (κ3) is 6.20. The lowest BCUT2D eigenvalue weighted by Gasteiger charge is -2.17. The van der Waals surface area contributed by atoms with E-state index < -0.39 is 28.6 Å². The van der Waals surface area contributed by atoms with Crippen LogP contribution in [0.15, 0.2) is 12.7 Å². The van der Waals surface area contributed by atoms with Crippen LogP contribution in [0.1, 0.15) is 0 Å². The van der Waals surface area contributed by atoms with Gasteiger partial charge in [0.1, 0.15) is 15.9 Å². The van der Waals surface area contributed by atoms with Crippen molar-refractivity contribution in [2.75, 3.05) is 12.4 Å². The number of alkyl halides is 2. The van der Waals surface area contributed by atoms with E-state index in [1.807, 2.05) is 0 Å². The average Bonchev–Trinajstić information content (AvgIpc) is 1.78. The van der Waals surface area contributed by atoms with Crippen molar-refractivity contribution in [1.29, 1.82) is 0 Å². The Bertz CT molecular complexity index is 246. The Morgan fingerprint density at radius 1 is 1.58 bits per heavy atom. The highest BCUT2D eigenvalue weighted by molar-refractivity contribution is 7.85. The van der Waals surface area contributed by atoms with Gasteiger partial charge in [-0.25, -0.2) is 8.42 Å². The minimum atomic E-state index is -4.97. The Labute approximate surface area is 68.6 Å². The third-order valence-electron chi connectivity index (χ3n) is 0.757. The van der Waals surface area contributed by atoms with Crippen LogP contribution in [0, 0.1) is 0 Å². The molecule has 4 nitrogen and oxygen atoms in total. The molecule has 0 aliphatic heterocycles. The molecule has 72 valence electrons. The SMILES string of the molecule is C=CCOC(F)(F)CS(=O)(=O)[O-]. The highest BCUT2D eigenvalue weighted by Gasteiger charge is 2.32. The van der Waals surface area contributed by atoms with Gasteiger partial charge in [0.2, 0.25) is 0 Å². The predicted molar refractivity (Wildman–Crippen MR) is 35.7 cm³/mol. The zero-order chi connectivity index (χ0) is 9.83. The van der Waals surface area contributed by atoms with Crippen molar-refractivity contribution in [3.8, 4) is 0 Å². The van der Waals surface area contributed by atoms with E-state index >= 15 is 0 Å². The maximum absolute atomic E-state index is 12.3. The summed E-state index contributed by atoms with van der Waals surface area (Å²) in [5.41, 5.74) is 0. The molecule has 0 aromatic rings.